The van der Waals surface area contributed by atoms with Crippen LogP contribution in [0.5, 0.6) is 0 Å². The van der Waals surface area contributed by atoms with Crippen molar-refractivity contribution < 1.29 is 35.9 Å². The Kier molecular flexibility index (Phi) is 14.6. The molecule has 0 spiro atoms. The molecule has 3 rings (SSSR count). The molecule has 1 aliphatic rings. The van der Waals surface area contributed by atoms with E-state index in [1.54, 1.807) is 71.9 Å². The lowest BCUT2D eigenvalue weighted by Gasteiger charge is -2.34. The van der Waals surface area contributed by atoms with Crippen molar-refractivity contribution in [2.24, 2.45) is 10.8 Å². The molecular weight excluding hydrogens is 716 g/mol. The molecule has 2 amide bonds. The average molecular weight is 773 g/mol. The molecule has 51 heavy (non-hydrogen) atoms. The first-order valence-electron chi connectivity index (χ1n) is 16.8. The standard InChI is InChI=1S/C18H29ClN2O4S.C18H28N2O4S/c1-17(2,3)15(21-16(22)25-18(4,5)6)12-20-26(23,24)14-10-8-7-9-13(14)11-19;1-17(2,3)15(19-16(21)24-18(4,5)6)12-20-11-13-9-7-8-10-14(13)25(20,22)23/h7-10,15,20H,11-12H2,1-6H3,(H,21,22);7-10,15H,11-12H2,1-6H3,(H,19,21)/t2*15-/m11/s1. The predicted molar refractivity (Wildman–Crippen MR) is 200 cm³/mol. The van der Waals surface area contributed by atoms with Gasteiger partial charge in [-0.15, -0.1) is 11.6 Å². The largest absolute Gasteiger partial charge is 0.444 e. The molecule has 0 fully saturated rings. The van der Waals surface area contributed by atoms with E-state index < -0.39 is 49.5 Å². The van der Waals surface area contributed by atoms with Crippen LogP contribution in [0.4, 0.5) is 9.59 Å². The van der Waals surface area contributed by atoms with Crippen LogP contribution >= 0.6 is 11.6 Å². The van der Waals surface area contributed by atoms with Crippen LogP contribution in [-0.4, -0.2) is 69.7 Å². The highest BCUT2D eigenvalue weighted by Gasteiger charge is 2.39. The van der Waals surface area contributed by atoms with Crippen molar-refractivity contribution in [3.63, 3.8) is 0 Å². The summed E-state index contributed by atoms with van der Waals surface area (Å²) in [6.07, 6.45) is -1.13. The molecule has 0 unspecified atom stereocenters. The summed E-state index contributed by atoms with van der Waals surface area (Å²) < 4.78 is 65.4. The number of hydrogen-bond acceptors (Lipinski definition) is 8. The minimum absolute atomic E-state index is 0.0295. The Morgan fingerprint density at radius 3 is 1.73 bits per heavy atom. The second kappa shape index (κ2) is 16.8. The van der Waals surface area contributed by atoms with E-state index >= 15 is 0 Å². The SMILES string of the molecule is CC(C)(C)OC(=O)N[C@H](CN1Cc2ccccc2S1(=O)=O)C(C)(C)C.CC(C)(C)OC(=O)N[C@H](CNS(=O)(=O)c1ccccc1CCl)C(C)(C)C. The molecule has 0 saturated heterocycles. The maximum Gasteiger partial charge on any atom is 0.407 e. The highest BCUT2D eigenvalue weighted by atomic mass is 35.5. The monoisotopic (exact) mass is 772 g/mol. The van der Waals surface area contributed by atoms with Crippen molar-refractivity contribution >= 4 is 43.8 Å². The van der Waals surface area contributed by atoms with Crippen molar-refractivity contribution in [3.05, 3.63) is 59.7 Å². The number of nitrogens with zero attached hydrogens (tertiary/aromatic N) is 1. The Hall–Kier alpha value is -2.91. The summed E-state index contributed by atoms with van der Waals surface area (Å²) in [7, 11) is -7.29. The van der Waals surface area contributed by atoms with Gasteiger partial charge in [-0.2, -0.15) is 4.31 Å². The van der Waals surface area contributed by atoms with Crippen molar-refractivity contribution in [2.75, 3.05) is 13.1 Å². The highest BCUT2D eigenvalue weighted by Crippen LogP contribution is 2.32. The summed E-state index contributed by atoms with van der Waals surface area (Å²) in [5.74, 6) is 0.0932. The molecule has 2 aromatic carbocycles. The van der Waals surface area contributed by atoms with Gasteiger partial charge in [0, 0.05) is 25.5 Å². The number of fused-ring (bicyclic) bond motifs is 1. The number of rotatable bonds is 9. The summed E-state index contributed by atoms with van der Waals surface area (Å²) in [5, 5.41) is 5.59. The van der Waals surface area contributed by atoms with Gasteiger partial charge in [0.1, 0.15) is 11.2 Å². The number of alkyl carbamates (subject to hydrolysis) is 2. The molecule has 15 heteroatoms. The van der Waals surface area contributed by atoms with E-state index in [9.17, 15) is 26.4 Å². The lowest BCUT2D eigenvalue weighted by molar-refractivity contribution is 0.0447. The number of ether oxygens (including phenoxy) is 2. The van der Waals surface area contributed by atoms with Gasteiger partial charge in [-0.1, -0.05) is 77.9 Å². The number of alkyl halides is 1. The van der Waals surface area contributed by atoms with Gasteiger partial charge < -0.3 is 20.1 Å². The van der Waals surface area contributed by atoms with Crippen molar-refractivity contribution in [3.8, 4) is 0 Å². The lowest BCUT2D eigenvalue weighted by Crippen LogP contribution is -2.51. The maximum atomic E-state index is 12.7. The predicted octanol–water partition coefficient (Wildman–Crippen LogP) is 6.77. The van der Waals surface area contributed by atoms with E-state index in [0.29, 0.717) is 17.0 Å². The Morgan fingerprint density at radius 2 is 1.25 bits per heavy atom. The molecule has 0 radical (unpaired) electrons. The van der Waals surface area contributed by atoms with Gasteiger partial charge in [0.25, 0.3) is 0 Å². The molecule has 1 heterocycles. The molecule has 1 aliphatic heterocycles. The summed E-state index contributed by atoms with van der Waals surface area (Å²) in [6.45, 7) is 22.9. The summed E-state index contributed by atoms with van der Waals surface area (Å²) >= 11 is 5.84. The Balaban J connectivity index is 0.000000354. The fourth-order valence-corrected chi connectivity index (χ4v) is 8.07. The number of hydrogen-bond donors (Lipinski definition) is 3. The van der Waals surface area contributed by atoms with Crippen molar-refractivity contribution in [1.82, 2.24) is 19.7 Å². The minimum Gasteiger partial charge on any atom is -0.444 e. The fourth-order valence-electron chi connectivity index (χ4n) is 4.82. The summed E-state index contributed by atoms with van der Waals surface area (Å²) in [4.78, 5) is 24.7. The Morgan fingerprint density at radius 1 is 0.784 bits per heavy atom. The molecule has 0 bridgehead atoms. The van der Waals surface area contributed by atoms with E-state index in [2.05, 4.69) is 15.4 Å². The minimum atomic E-state index is -3.76. The molecule has 2 atom stereocenters. The van der Waals surface area contributed by atoms with Gasteiger partial charge >= 0.3 is 12.2 Å². The number of nitrogens with one attached hydrogen (secondary N) is 3. The summed E-state index contributed by atoms with van der Waals surface area (Å²) in [6, 6.07) is 12.7. The second-order valence-electron chi connectivity index (χ2n) is 16.6. The van der Waals surface area contributed by atoms with Crippen molar-refractivity contribution in [1.29, 1.82) is 0 Å². The smallest absolute Gasteiger partial charge is 0.407 e. The third-order valence-electron chi connectivity index (χ3n) is 7.68. The van der Waals surface area contributed by atoms with Gasteiger partial charge in [0.2, 0.25) is 20.0 Å². The molecular formula is C36H57ClN4O8S2. The number of amides is 2. The van der Waals surface area contributed by atoms with E-state index in [1.165, 1.54) is 10.4 Å². The molecule has 12 nitrogen and oxygen atoms in total. The number of benzene rings is 2. The molecule has 2 aromatic rings. The Bertz CT molecular complexity index is 1720. The van der Waals surface area contributed by atoms with Crippen LogP contribution in [-0.2, 0) is 41.9 Å². The fraction of sp³-hybridized carbons (Fsp3) is 0.611. The van der Waals surface area contributed by atoms with Crippen LogP contribution in [0.15, 0.2) is 58.3 Å². The van der Waals surface area contributed by atoms with Crippen LogP contribution in [0.3, 0.4) is 0 Å². The second-order valence-corrected chi connectivity index (χ2v) is 20.5. The van der Waals surface area contributed by atoms with Crippen LogP contribution in [0.25, 0.3) is 0 Å². The third kappa shape index (κ3) is 13.9. The first-order chi connectivity index (χ1) is 23.1. The quantitative estimate of drug-likeness (QED) is 0.236. The van der Waals surface area contributed by atoms with Gasteiger partial charge in [0.15, 0.2) is 0 Å². The molecule has 288 valence electrons. The van der Waals surface area contributed by atoms with E-state index in [1.807, 2.05) is 53.7 Å². The Labute approximate surface area is 310 Å². The van der Waals surface area contributed by atoms with Crippen LogP contribution in [0.1, 0.15) is 94.2 Å². The first kappa shape index (κ1) is 44.3. The molecule has 0 aliphatic carbocycles. The molecule has 3 N–H and O–H groups in total. The van der Waals surface area contributed by atoms with Crippen molar-refractivity contribution in [2.45, 2.75) is 129 Å². The molecule has 0 saturated carbocycles. The van der Waals surface area contributed by atoms with Gasteiger partial charge in [-0.05, 0) is 75.6 Å². The zero-order chi connectivity index (χ0) is 39.2. The zero-order valence-electron chi connectivity index (χ0n) is 32.0. The van der Waals surface area contributed by atoms with E-state index in [0.717, 1.165) is 5.56 Å². The van der Waals surface area contributed by atoms with Gasteiger partial charge in [-0.3, -0.25) is 0 Å². The topological polar surface area (TPSA) is 160 Å². The average Bonchev–Trinajstić information content (AvgIpc) is 3.21. The van der Waals surface area contributed by atoms with E-state index in [4.69, 9.17) is 21.1 Å². The van der Waals surface area contributed by atoms with Crippen LogP contribution in [0, 0.1) is 10.8 Å². The normalized spacial score (nSPS) is 16.2. The number of sulfonamides is 2. The van der Waals surface area contributed by atoms with Crippen LogP contribution < -0.4 is 15.4 Å². The maximum absolute atomic E-state index is 12.7. The third-order valence-corrected chi connectivity index (χ3v) is 11.4. The number of carbonyl (C=O) groups is 2. The first-order valence-corrected chi connectivity index (χ1v) is 20.2. The number of carbonyl (C=O) groups excluding carboxylic acids is 2. The molecule has 0 aromatic heterocycles. The van der Waals surface area contributed by atoms with Gasteiger partial charge in [0.05, 0.1) is 21.9 Å². The van der Waals surface area contributed by atoms with E-state index in [-0.39, 0.29) is 40.7 Å². The highest BCUT2D eigenvalue weighted by molar-refractivity contribution is 7.89. The summed E-state index contributed by atoms with van der Waals surface area (Å²) in [5.41, 5.74) is -0.651. The zero-order valence-corrected chi connectivity index (χ0v) is 34.4. The van der Waals surface area contributed by atoms with Gasteiger partial charge in [-0.25, -0.2) is 31.1 Å². The van der Waals surface area contributed by atoms with Crippen LogP contribution in [0.2, 0.25) is 0 Å². The number of halogens is 1. The lowest BCUT2D eigenvalue weighted by atomic mass is 9.86.